The van der Waals surface area contributed by atoms with Crippen LogP contribution in [-0.2, 0) is 11.3 Å². The molecule has 5 atom stereocenters. The molecular formula is C17H24N2O2. The summed E-state index contributed by atoms with van der Waals surface area (Å²) in [6.45, 7) is 2.85. The molecule has 2 bridgehead atoms. The summed E-state index contributed by atoms with van der Waals surface area (Å²) in [6, 6.07) is 5.10. The second kappa shape index (κ2) is 4.87. The van der Waals surface area contributed by atoms with Gasteiger partial charge in [-0.25, -0.2) is 0 Å². The van der Waals surface area contributed by atoms with Gasteiger partial charge in [-0.05, 0) is 43.7 Å². The van der Waals surface area contributed by atoms with E-state index in [-0.39, 0.29) is 11.8 Å². The van der Waals surface area contributed by atoms with Gasteiger partial charge >= 0.3 is 0 Å². The number of nitrogens with one attached hydrogen (secondary N) is 1. The molecule has 3 fully saturated rings. The first-order valence-corrected chi connectivity index (χ1v) is 8.21. The van der Waals surface area contributed by atoms with Crippen LogP contribution in [0.15, 0.2) is 16.5 Å². The van der Waals surface area contributed by atoms with E-state index in [1.54, 1.807) is 0 Å². The van der Waals surface area contributed by atoms with Gasteiger partial charge in [0.15, 0.2) is 0 Å². The molecule has 1 aromatic heterocycles. The number of fused-ring (bicyclic) bond motifs is 2. The minimum atomic E-state index is 0.173. The van der Waals surface area contributed by atoms with Crippen molar-refractivity contribution in [3.63, 3.8) is 0 Å². The highest BCUT2D eigenvalue weighted by Crippen LogP contribution is 2.47. The van der Waals surface area contributed by atoms with Crippen molar-refractivity contribution in [2.24, 2.45) is 11.8 Å². The number of carbonyl (C=O) groups excluding carboxylic acids is 1. The van der Waals surface area contributed by atoms with E-state index >= 15 is 0 Å². The number of amides is 1. The van der Waals surface area contributed by atoms with Gasteiger partial charge in [-0.1, -0.05) is 6.92 Å². The first kappa shape index (κ1) is 13.4. The van der Waals surface area contributed by atoms with Crippen LogP contribution in [-0.4, -0.2) is 29.9 Å². The van der Waals surface area contributed by atoms with E-state index in [0.717, 1.165) is 30.3 Å². The van der Waals surface area contributed by atoms with Gasteiger partial charge in [0.2, 0.25) is 5.91 Å². The summed E-state index contributed by atoms with van der Waals surface area (Å²) >= 11 is 0. The molecule has 0 radical (unpaired) electrons. The molecule has 1 N–H and O–H groups in total. The summed E-state index contributed by atoms with van der Waals surface area (Å²) in [6.07, 6.45) is 4.63. The minimum Gasteiger partial charge on any atom is -0.464 e. The van der Waals surface area contributed by atoms with Gasteiger partial charge in [-0.15, -0.1) is 0 Å². The van der Waals surface area contributed by atoms with Crippen molar-refractivity contribution in [1.82, 2.24) is 10.2 Å². The second-order valence-electron chi connectivity index (χ2n) is 7.21. The molecule has 114 valence electrons. The summed E-state index contributed by atoms with van der Waals surface area (Å²) in [7, 11) is 1.90. The Morgan fingerprint density at radius 1 is 1.38 bits per heavy atom. The first-order chi connectivity index (χ1) is 10.1. The average molecular weight is 288 g/mol. The molecule has 1 aliphatic carbocycles. The maximum atomic E-state index is 12.6. The Morgan fingerprint density at radius 3 is 2.81 bits per heavy atom. The van der Waals surface area contributed by atoms with E-state index in [9.17, 15) is 4.79 Å². The molecule has 3 heterocycles. The zero-order valence-corrected chi connectivity index (χ0v) is 12.8. The summed E-state index contributed by atoms with van der Waals surface area (Å²) in [5, 5.41) is 3.54. The molecule has 4 rings (SSSR count). The lowest BCUT2D eigenvalue weighted by molar-refractivity contribution is -0.135. The van der Waals surface area contributed by atoms with Crippen molar-refractivity contribution < 1.29 is 9.21 Å². The third-order valence-corrected chi connectivity index (χ3v) is 5.54. The number of nitrogens with zero attached hydrogens (tertiary/aromatic N) is 1. The number of furan rings is 1. The molecule has 4 heteroatoms. The molecule has 0 spiro atoms. The Balaban J connectivity index is 1.37. The zero-order valence-electron chi connectivity index (χ0n) is 12.8. The SMILES string of the molecule is CC1CC1c1ccc(CN(C)C(=O)C2CC3CCC2N3)o1. The number of rotatable bonds is 4. The number of hydrogen-bond donors (Lipinski definition) is 1. The fraction of sp³-hybridized carbons (Fsp3) is 0.706. The van der Waals surface area contributed by atoms with E-state index in [1.807, 2.05) is 18.0 Å². The standard InChI is InChI=1S/C17H24N2O2/c1-10-7-13(10)16-6-4-12(21-16)9-19(2)17(20)14-8-11-3-5-15(14)18-11/h4,6,10-11,13-15,18H,3,5,7-9H2,1-2H3. The van der Waals surface area contributed by atoms with E-state index in [1.165, 1.54) is 12.8 Å². The summed E-state index contributed by atoms with van der Waals surface area (Å²) < 4.78 is 5.91. The van der Waals surface area contributed by atoms with Crippen LogP contribution in [0.25, 0.3) is 0 Å². The van der Waals surface area contributed by atoms with Crippen molar-refractivity contribution in [1.29, 1.82) is 0 Å². The van der Waals surface area contributed by atoms with E-state index < -0.39 is 0 Å². The quantitative estimate of drug-likeness (QED) is 0.926. The van der Waals surface area contributed by atoms with Crippen LogP contribution in [0.2, 0.25) is 0 Å². The Kier molecular flexibility index (Phi) is 3.10. The van der Waals surface area contributed by atoms with Gasteiger partial charge in [0, 0.05) is 25.0 Å². The molecule has 2 saturated heterocycles. The maximum absolute atomic E-state index is 12.6. The van der Waals surface area contributed by atoms with Gasteiger partial charge < -0.3 is 14.6 Å². The fourth-order valence-corrected chi connectivity index (χ4v) is 4.09. The predicted octanol–water partition coefficient (Wildman–Crippen LogP) is 2.50. The summed E-state index contributed by atoms with van der Waals surface area (Å²) in [5.74, 6) is 3.81. The topological polar surface area (TPSA) is 45.5 Å². The van der Waals surface area contributed by atoms with Crippen LogP contribution in [0.1, 0.15) is 50.0 Å². The molecule has 21 heavy (non-hydrogen) atoms. The Bertz CT molecular complexity index is 553. The molecule has 0 aromatic carbocycles. The first-order valence-electron chi connectivity index (χ1n) is 8.21. The normalized spacial score (nSPS) is 37.0. The Labute approximate surface area is 125 Å². The molecule has 5 unspecified atom stereocenters. The lowest BCUT2D eigenvalue weighted by Gasteiger charge is -2.25. The number of carbonyl (C=O) groups is 1. The zero-order chi connectivity index (χ0) is 14.6. The minimum absolute atomic E-state index is 0.173. The van der Waals surface area contributed by atoms with Crippen molar-refractivity contribution >= 4 is 5.91 Å². The summed E-state index contributed by atoms with van der Waals surface area (Å²) in [5.41, 5.74) is 0. The highest BCUT2D eigenvalue weighted by molar-refractivity contribution is 5.80. The van der Waals surface area contributed by atoms with Crippen LogP contribution < -0.4 is 5.32 Å². The molecule has 1 amide bonds. The Morgan fingerprint density at radius 2 is 2.19 bits per heavy atom. The van der Waals surface area contributed by atoms with Gasteiger partial charge in [-0.2, -0.15) is 0 Å². The van der Waals surface area contributed by atoms with Crippen LogP contribution in [0.3, 0.4) is 0 Å². The third kappa shape index (κ3) is 2.39. The lowest BCUT2D eigenvalue weighted by Crippen LogP contribution is -2.38. The maximum Gasteiger partial charge on any atom is 0.227 e. The number of hydrogen-bond acceptors (Lipinski definition) is 3. The van der Waals surface area contributed by atoms with E-state index in [0.29, 0.717) is 24.5 Å². The van der Waals surface area contributed by atoms with Gasteiger partial charge in [-0.3, -0.25) is 4.79 Å². The molecule has 4 nitrogen and oxygen atoms in total. The summed E-state index contributed by atoms with van der Waals surface area (Å²) in [4.78, 5) is 14.4. The molecule has 3 aliphatic rings. The second-order valence-corrected chi connectivity index (χ2v) is 7.21. The lowest BCUT2D eigenvalue weighted by atomic mass is 9.88. The molecule has 1 saturated carbocycles. The monoisotopic (exact) mass is 288 g/mol. The predicted molar refractivity (Wildman–Crippen MR) is 79.8 cm³/mol. The van der Waals surface area contributed by atoms with Crippen LogP contribution in [0, 0.1) is 11.8 Å². The Hall–Kier alpha value is -1.29. The largest absolute Gasteiger partial charge is 0.464 e. The van der Waals surface area contributed by atoms with Crippen molar-refractivity contribution in [2.75, 3.05) is 7.05 Å². The van der Waals surface area contributed by atoms with Crippen LogP contribution in [0.4, 0.5) is 0 Å². The smallest absolute Gasteiger partial charge is 0.227 e. The van der Waals surface area contributed by atoms with Gasteiger partial charge in [0.05, 0.1) is 12.5 Å². The molecule has 2 aliphatic heterocycles. The molecular weight excluding hydrogens is 264 g/mol. The van der Waals surface area contributed by atoms with Gasteiger partial charge in [0.25, 0.3) is 0 Å². The van der Waals surface area contributed by atoms with Crippen LogP contribution >= 0.6 is 0 Å². The van der Waals surface area contributed by atoms with Crippen molar-refractivity contribution in [3.8, 4) is 0 Å². The van der Waals surface area contributed by atoms with Crippen molar-refractivity contribution in [2.45, 2.75) is 57.2 Å². The molecule has 1 aromatic rings. The van der Waals surface area contributed by atoms with Crippen LogP contribution in [0.5, 0.6) is 0 Å². The highest BCUT2D eigenvalue weighted by atomic mass is 16.3. The average Bonchev–Trinajstić information content (AvgIpc) is 2.94. The van der Waals surface area contributed by atoms with E-state index in [2.05, 4.69) is 18.3 Å². The van der Waals surface area contributed by atoms with Crippen molar-refractivity contribution in [3.05, 3.63) is 23.7 Å². The fourth-order valence-electron chi connectivity index (χ4n) is 4.09. The van der Waals surface area contributed by atoms with E-state index in [4.69, 9.17) is 4.42 Å². The third-order valence-electron chi connectivity index (χ3n) is 5.54. The highest BCUT2D eigenvalue weighted by Gasteiger charge is 2.43. The van der Waals surface area contributed by atoms with Gasteiger partial charge in [0.1, 0.15) is 11.5 Å².